The molecule has 4 aromatic rings. The molecule has 0 aliphatic carbocycles. The Hall–Kier alpha value is -3.25. The molecule has 2 heterocycles. The van der Waals surface area contributed by atoms with Crippen molar-refractivity contribution < 1.29 is 13.9 Å². The fourth-order valence-electron chi connectivity index (χ4n) is 2.80. The molecule has 140 valence electrons. The molecule has 6 heteroatoms. The number of thiophene rings is 1. The Labute approximate surface area is 166 Å². The number of benzene rings is 2. The van der Waals surface area contributed by atoms with Crippen molar-refractivity contribution in [3.63, 3.8) is 0 Å². The molecule has 2 aromatic heterocycles. The van der Waals surface area contributed by atoms with Crippen LogP contribution in [-0.2, 0) is 16.0 Å². The van der Waals surface area contributed by atoms with Crippen LogP contribution in [0, 0.1) is 0 Å². The van der Waals surface area contributed by atoms with Gasteiger partial charge in [0.2, 0.25) is 0 Å². The molecule has 0 unspecified atom stereocenters. The number of nitrogens with zero attached hydrogens (tertiary/aromatic N) is 2. The standard InChI is InChI=1S/C22H18N2O3S/c1-15(21-23-24-22(27-21)19-8-5-13-28-19)26-20(25)14-16-9-11-18(12-10-16)17-6-3-2-4-7-17/h2-13,15H,14H2,1H3/t15-/m0/s1. The molecule has 28 heavy (non-hydrogen) atoms. The van der Waals surface area contributed by atoms with Crippen LogP contribution in [0.25, 0.3) is 21.9 Å². The second kappa shape index (κ2) is 8.19. The maximum absolute atomic E-state index is 12.3. The van der Waals surface area contributed by atoms with Gasteiger partial charge in [0.05, 0.1) is 11.3 Å². The van der Waals surface area contributed by atoms with Crippen molar-refractivity contribution in [2.45, 2.75) is 19.4 Å². The van der Waals surface area contributed by atoms with E-state index in [1.165, 1.54) is 11.3 Å². The molecule has 1 atom stereocenters. The average molecular weight is 390 g/mol. The highest BCUT2D eigenvalue weighted by atomic mass is 32.1. The van der Waals surface area contributed by atoms with E-state index < -0.39 is 6.10 Å². The van der Waals surface area contributed by atoms with E-state index in [9.17, 15) is 4.79 Å². The summed E-state index contributed by atoms with van der Waals surface area (Å²) < 4.78 is 11.1. The maximum Gasteiger partial charge on any atom is 0.311 e. The summed E-state index contributed by atoms with van der Waals surface area (Å²) in [6, 6.07) is 21.8. The summed E-state index contributed by atoms with van der Waals surface area (Å²) in [5, 5.41) is 9.94. The van der Waals surface area contributed by atoms with E-state index in [2.05, 4.69) is 22.3 Å². The number of ether oxygens (including phenoxy) is 1. The summed E-state index contributed by atoms with van der Waals surface area (Å²) in [4.78, 5) is 13.2. The molecular weight excluding hydrogens is 372 g/mol. The summed E-state index contributed by atoms with van der Waals surface area (Å²) in [6.45, 7) is 1.72. The van der Waals surface area contributed by atoms with Crippen LogP contribution in [0.1, 0.15) is 24.5 Å². The number of hydrogen-bond acceptors (Lipinski definition) is 6. The molecule has 4 rings (SSSR count). The second-order valence-corrected chi connectivity index (χ2v) is 7.24. The first-order valence-corrected chi connectivity index (χ1v) is 9.78. The molecule has 0 fully saturated rings. The third kappa shape index (κ3) is 4.18. The highest BCUT2D eigenvalue weighted by Crippen LogP contribution is 2.26. The Balaban J connectivity index is 1.36. The molecule has 0 radical (unpaired) electrons. The lowest BCUT2D eigenvalue weighted by molar-refractivity contribution is -0.148. The van der Waals surface area contributed by atoms with Gasteiger partial charge in [0, 0.05) is 0 Å². The fraction of sp³-hybridized carbons (Fsp3) is 0.136. The lowest BCUT2D eigenvalue weighted by Crippen LogP contribution is -2.11. The molecule has 0 aliphatic rings. The predicted molar refractivity (Wildman–Crippen MR) is 108 cm³/mol. The summed E-state index contributed by atoms with van der Waals surface area (Å²) >= 11 is 1.51. The molecule has 0 amide bonds. The zero-order valence-electron chi connectivity index (χ0n) is 15.2. The van der Waals surface area contributed by atoms with Crippen LogP contribution in [0.4, 0.5) is 0 Å². The smallest absolute Gasteiger partial charge is 0.311 e. The molecule has 5 nitrogen and oxygen atoms in total. The fourth-order valence-corrected chi connectivity index (χ4v) is 3.44. The van der Waals surface area contributed by atoms with Crippen molar-refractivity contribution in [1.29, 1.82) is 0 Å². The van der Waals surface area contributed by atoms with E-state index in [0.29, 0.717) is 5.89 Å². The zero-order valence-corrected chi connectivity index (χ0v) is 16.1. The van der Waals surface area contributed by atoms with Gasteiger partial charge in [0.1, 0.15) is 0 Å². The van der Waals surface area contributed by atoms with Gasteiger partial charge >= 0.3 is 5.97 Å². The third-order valence-corrected chi connectivity index (χ3v) is 5.10. The van der Waals surface area contributed by atoms with Crippen molar-refractivity contribution in [3.05, 3.63) is 83.6 Å². The van der Waals surface area contributed by atoms with Crippen LogP contribution < -0.4 is 0 Å². The second-order valence-electron chi connectivity index (χ2n) is 6.29. The quantitative estimate of drug-likeness (QED) is 0.417. The van der Waals surface area contributed by atoms with Crippen molar-refractivity contribution in [2.24, 2.45) is 0 Å². The number of rotatable bonds is 6. The zero-order chi connectivity index (χ0) is 19.3. The van der Waals surface area contributed by atoms with Gasteiger partial charge in [0.15, 0.2) is 6.10 Å². The maximum atomic E-state index is 12.3. The number of carbonyl (C=O) groups excluding carboxylic acids is 1. The first-order valence-electron chi connectivity index (χ1n) is 8.90. The largest absolute Gasteiger partial charge is 0.452 e. The molecule has 0 saturated heterocycles. The van der Waals surface area contributed by atoms with Gasteiger partial charge in [-0.1, -0.05) is 60.7 Å². The van der Waals surface area contributed by atoms with Crippen LogP contribution in [0.15, 0.2) is 76.5 Å². The van der Waals surface area contributed by atoms with Crippen LogP contribution in [0.3, 0.4) is 0 Å². The van der Waals surface area contributed by atoms with Crippen molar-refractivity contribution in [2.75, 3.05) is 0 Å². The highest BCUT2D eigenvalue weighted by Gasteiger charge is 2.19. The molecule has 0 saturated carbocycles. The Morgan fingerprint density at radius 1 is 1.00 bits per heavy atom. The minimum atomic E-state index is -0.600. The number of carbonyl (C=O) groups is 1. The Morgan fingerprint density at radius 3 is 2.46 bits per heavy atom. The van der Waals surface area contributed by atoms with Gasteiger partial charge in [-0.05, 0) is 35.1 Å². The molecule has 0 bridgehead atoms. The molecule has 2 aromatic carbocycles. The van der Waals surface area contributed by atoms with E-state index >= 15 is 0 Å². The van der Waals surface area contributed by atoms with Gasteiger partial charge in [-0.15, -0.1) is 21.5 Å². The molecule has 0 N–H and O–H groups in total. The van der Waals surface area contributed by atoms with Gasteiger partial charge in [0.25, 0.3) is 11.8 Å². The van der Waals surface area contributed by atoms with Crippen molar-refractivity contribution in [1.82, 2.24) is 10.2 Å². The Kier molecular flexibility index (Phi) is 5.30. The summed E-state index contributed by atoms with van der Waals surface area (Å²) in [5.41, 5.74) is 3.14. The van der Waals surface area contributed by atoms with Crippen LogP contribution in [-0.4, -0.2) is 16.2 Å². The monoisotopic (exact) mass is 390 g/mol. The van der Waals surface area contributed by atoms with E-state index in [-0.39, 0.29) is 18.3 Å². The number of aromatic nitrogens is 2. The normalized spacial score (nSPS) is 11.9. The van der Waals surface area contributed by atoms with Gasteiger partial charge in [-0.3, -0.25) is 4.79 Å². The first kappa shape index (κ1) is 18.1. The summed E-state index contributed by atoms with van der Waals surface area (Å²) in [5.74, 6) is 0.386. The number of esters is 1. The van der Waals surface area contributed by atoms with E-state index in [4.69, 9.17) is 9.15 Å². The first-order chi connectivity index (χ1) is 13.7. The van der Waals surface area contributed by atoms with E-state index in [1.807, 2.05) is 60.0 Å². The minimum Gasteiger partial charge on any atom is -0.452 e. The minimum absolute atomic E-state index is 0.186. The lowest BCUT2D eigenvalue weighted by atomic mass is 10.0. The third-order valence-electron chi connectivity index (χ3n) is 4.24. The van der Waals surface area contributed by atoms with Gasteiger partial charge < -0.3 is 9.15 Å². The molecule has 0 spiro atoms. The SMILES string of the molecule is C[C@H](OC(=O)Cc1ccc(-c2ccccc2)cc1)c1nnc(-c2cccs2)o1. The highest BCUT2D eigenvalue weighted by molar-refractivity contribution is 7.13. The lowest BCUT2D eigenvalue weighted by Gasteiger charge is -2.10. The topological polar surface area (TPSA) is 65.2 Å². The molecular formula is C22H18N2O3S. The van der Waals surface area contributed by atoms with Crippen molar-refractivity contribution >= 4 is 17.3 Å². The van der Waals surface area contributed by atoms with Gasteiger partial charge in [-0.2, -0.15) is 0 Å². The Morgan fingerprint density at radius 2 is 1.75 bits per heavy atom. The van der Waals surface area contributed by atoms with Crippen LogP contribution >= 0.6 is 11.3 Å². The van der Waals surface area contributed by atoms with Crippen LogP contribution in [0.5, 0.6) is 0 Å². The van der Waals surface area contributed by atoms with E-state index in [0.717, 1.165) is 21.6 Å². The Bertz CT molecular complexity index is 1040. The summed E-state index contributed by atoms with van der Waals surface area (Å²) in [7, 11) is 0. The molecule has 0 aliphatic heterocycles. The summed E-state index contributed by atoms with van der Waals surface area (Å²) in [6.07, 6.45) is -0.414. The van der Waals surface area contributed by atoms with E-state index in [1.54, 1.807) is 6.92 Å². The van der Waals surface area contributed by atoms with Gasteiger partial charge in [-0.25, -0.2) is 0 Å². The van der Waals surface area contributed by atoms with Crippen LogP contribution in [0.2, 0.25) is 0 Å². The average Bonchev–Trinajstić information content (AvgIpc) is 3.41. The van der Waals surface area contributed by atoms with Crippen molar-refractivity contribution in [3.8, 4) is 21.9 Å². The number of hydrogen-bond donors (Lipinski definition) is 0. The predicted octanol–water partition coefficient (Wildman–Crippen LogP) is 5.31.